The number of halogens is 1. The Bertz CT molecular complexity index is 737. The first-order valence-electron chi connectivity index (χ1n) is 6.26. The molecule has 0 aliphatic heterocycles. The van der Waals surface area contributed by atoms with Crippen molar-refractivity contribution in [2.75, 3.05) is 16.4 Å². The largest absolute Gasteiger partial charge is 0.267 e. The van der Waals surface area contributed by atoms with Crippen molar-refractivity contribution in [2.24, 2.45) is 0 Å². The normalized spacial score (nSPS) is 11.6. The predicted octanol–water partition coefficient (Wildman–Crippen LogP) is 1.57. The molecule has 21 heavy (non-hydrogen) atoms. The van der Waals surface area contributed by atoms with Crippen LogP contribution in [0.2, 0.25) is 0 Å². The smallest absolute Gasteiger partial charge is 0.252 e. The molecule has 0 aliphatic carbocycles. The van der Waals surface area contributed by atoms with Gasteiger partial charge in [-0.3, -0.25) is 4.72 Å². The molecule has 0 spiro atoms. The molecule has 2 rings (SSSR count). The van der Waals surface area contributed by atoms with E-state index in [4.69, 9.17) is 11.6 Å². The van der Waals surface area contributed by atoms with Crippen LogP contribution in [-0.4, -0.2) is 39.8 Å². The summed E-state index contributed by atoms with van der Waals surface area (Å²) in [6.07, 6.45) is 0. The summed E-state index contributed by atoms with van der Waals surface area (Å²) in [7, 11) is -3.52. The van der Waals surface area contributed by atoms with E-state index < -0.39 is 10.0 Å². The van der Waals surface area contributed by atoms with Crippen molar-refractivity contribution < 1.29 is 8.42 Å². The number of anilines is 1. The van der Waals surface area contributed by atoms with Gasteiger partial charge in [-0.15, -0.1) is 11.6 Å². The van der Waals surface area contributed by atoms with Crippen molar-refractivity contribution in [3.05, 3.63) is 29.2 Å². The number of rotatable bonds is 5. The van der Waals surface area contributed by atoms with Crippen molar-refractivity contribution >= 4 is 27.4 Å². The second kappa shape index (κ2) is 5.98. The Labute approximate surface area is 128 Å². The van der Waals surface area contributed by atoms with Gasteiger partial charge in [-0.2, -0.15) is 9.78 Å². The molecule has 9 heteroatoms. The van der Waals surface area contributed by atoms with Gasteiger partial charge in [-0.25, -0.2) is 18.4 Å². The standard InChI is InChI=1S/C12H16ClN5O2S/c1-8-6-9(2)15-12(14-8)18-11(7-10(3)16-18)17-21(19,20)5-4-13/h6-7,17H,4-5H2,1-3H3. The van der Waals surface area contributed by atoms with Gasteiger partial charge in [-0.1, -0.05) is 0 Å². The van der Waals surface area contributed by atoms with Crippen LogP contribution in [0.5, 0.6) is 0 Å². The van der Waals surface area contributed by atoms with E-state index in [0.717, 1.165) is 11.4 Å². The van der Waals surface area contributed by atoms with Gasteiger partial charge in [0, 0.05) is 23.3 Å². The van der Waals surface area contributed by atoms with Crippen LogP contribution < -0.4 is 4.72 Å². The van der Waals surface area contributed by atoms with Crippen molar-refractivity contribution in [3.8, 4) is 5.95 Å². The Morgan fingerprint density at radius 3 is 2.33 bits per heavy atom. The van der Waals surface area contributed by atoms with Crippen LogP contribution >= 0.6 is 11.6 Å². The van der Waals surface area contributed by atoms with E-state index in [0.29, 0.717) is 17.5 Å². The van der Waals surface area contributed by atoms with Gasteiger partial charge in [0.05, 0.1) is 11.4 Å². The average molecular weight is 330 g/mol. The summed E-state index contributed by atoms with van der Waals surface area (Å²) in [4.78, 5) is 8.57. The fraction of sp³-hybridized carbons (Fsp3) is 0.417. The van der Waals surface area contributed by atoms with E-state index >= 15 is 0 Å². The zero-order valence-corrected chi connectivity index (χ0v) is 13.5. The quantitative estimate of drug-likeness (QED) is 0.841. The first kappa shape index (κ1) is 15.7. The molecular formula is C12H16ClN5O2S. The van der Waals surface area contributed by atoms with Gasteiger partial charge >= 0.3 is 0 Å². The zero-order valence-electron chi connectivity index (χ0n) is 12.0. The number of nitrogens with zero attached hydrogens (tertiary/aromatic N) is 4. The van der Waals surface area contributed by atoms with E-state index in [9.17, 15) is 8.42 Å². The second-order valence-corrected chi connectivity index (χ2v) is 6.86. The van der Waals surface area contributed by atoms with Crippen molar-refractivity contribution in [3.63, 3.8) is 0 Å². The molecule has 0 bridgehead atoms. The van der Waals surface area contributed by atoms with Gasteiger partial charge in [-0.05, 0) is 26.8 Å². The van der Waals surface area contributed by atoms with E-state index in [1.165, 1.54) is 4.68 Å². The van der Waals surface area contributed by atoms with Crippen molar-refractivity contribution in [2.45, 2.75) is 20.8 Å². The monoisotopic (exact) mass is 329 g/mol. The lowest BCUT2D eigenvalue weighted by atomic mass is 10.4. The van der Waals surface area contributed by atoms with Gasteiger partial charge in [0.25, 0.3) is 5.95 Å². The van der Waals surface area contributed by atoms with Gasteiger partial charge in [0.1, 0.15) is 5.82 Å². The molecule has 0 aromatic carbocycles. The third kappa shape index (κ3) is 3.92. The highest BCUT2D eigenvalue weighted by Gasteiger charge is 2.16. The Balaban J connectivity index is 2.46. The number of hydrogen-bond donors (Lipinski definition) is 1. The molecule has 0 saturated carbocycles. The highest BCUT2D eigenvalue weighted by atomic mass is 35.5. The molecule has 0 aliphatic rings. The maximum absolute atomic E-state index is 11.8. The molecule has 0 amide bonds. The minimum atomic E-state index is -3.52. The summed E-state index contributed by atoms with van der Waals surface area (Å²) in [5.41, 5.74) is 2.21. The molecule has 0 atom stereocenters. The molecule has 7 nitrogen and oxygen atoms in total. The minimum absolute atomic E-state index is 0.0164. The fourth-order valence-corrected chi connectivity index (χ4v) is 3.22. The van der Waals surface area contributed by atoms with E-state index in [-0.39, 0.29) is 11.6 Å². The highest BCUT2D eigenvalue weighted by Crippen LogP contribution is 2.16. The van der Waals surface area contributed by atoms with Crippen LogP contribution in [-0.2, 0) is 10.0 Å². The third-order valence-electron chi connectivity index (χ3n) is 2.60. The SMILES string of the molecule is Cc1cc(C)nc(-n2nc(C)cc2NS(=O)(=O)CCCl)n1. The fourth-order valence-electron chi connectivity index (χ4n) is 1.84. The zero-order chi connectivity index (χ0) is 15.6. The van der Waals surface area contributed by atoms with E-state index in [1.807, 2.05) is 19.9 Å². The summed E-state index contributed by atoms with van der Waals surface area (Å²) >= 11 is 5.49. The summed E-state index contributed by atoms with van der Waals surface area (Å²) < 4.78 is 27.5. The van der Waals surface area contributed by atoms with Gasteiger partial charge < -0.3 is 0 Å². The lowest BCUT2D eigenvalue weighted by Crippen LogP contribution is -2.20. The highest BCUT2D eigenvalue weighted by molar-refractivity contribution is 7.92. The van der Waals surface area contributed by atoms with E-state index in [2.05, 4.69) is 19.8 Å². The van der Waals surface area contributed by atoms with Gasteiger partial charge in [0.2, 0.25) is 10.0 Å². The first-order valence-corrected chi connectivity index (χ1v) is 8.45. The molecule has 2 heterocycles. The maximum atomic E-state index is 11.8. The maximum Gasteiger partial charge on any atom is 0.252 e. The number of sulfonamides is 1. The Morgan fingerprint density at radius 1 is 1.14 bits per heavy atom. The Morgan fingerprint density at radius 2 is 1.76 bits per heavy atom. The molecule has 0 unspecified atom stereocenters. The lowest BCUT2D eigenvalue weighted by Gasteiger charge is -2.09. The lowest BCUT2D eigenvalue weighted by molar-refractivity contribution is 0.602. The van der Waals surface area contributed by atoms with Crippen LogP contribution in [0.4, 0.5) is 5.82 Å². The van der Waals surface area contributed by atoms with Crippen LogP contribution in [0.1, 0.15) is 17.1 Å². The molecular weight excluding hydrogens is 314 g/mol. The Hall–Kier alpha value is -1.67. The number of aromatic nitrogens is 4. The van der Waals surface area contributed by atoms with Crippen LogP contribution in [0, 0.1) is 20.8 Å². The molecule has 0 radical (unpaired) electrons. The third-order valence-corrected chi connectivity index (χ3v) is 4.27. The molecule has 0 fully saturated rings. The number of nitrogens with one attached hydrogen (secondary N) is 1. The second-order valence-electron chi connectivity index (χ2n) is 4.64. The predicted molar refractivity (Wildman–Crippen MR) is 81.5 cm³/mol. The van der Waals surface area contributed by atoms with Crippen molar-refractivity contribution in [1.29, 1.82) is 0 Å². The van der Waals surface area contributed by atoms with Gasteiger partial charge in [0.15, 0.2) is 0 Å². The summed E-state index contributed by atoms with van der Waals surface area (Å²) in [6, 6.07) is 3.45. The molecule has 0 saturated heterocycles. The Kier molecular flexibility index (Phi) is 4.48. The number of alkyl halides is 1. The first-order chi connectivity index (χ1) is 9.80. The summed E-state index contributed by atoms with van der Waals surface area (Å²) in [5, 5.41) is 4.24. The molecule has 2 aromatic heterocycles. The minimum Gasteiger partial charge on any atom is -0.267 e. The van der Waals surface area contributed by atoms with Crippen LogP contribution in [0.25, 0.3) is 5.95 Å². The molecule has 2 aromatic rings. The van der Waals surface area contributed by atoms with Crippen LogP contribution in [0.15, 0.2) is 12.1 Å². The molecule has 114 valence electrons. The summed E-state index contributed by atoms with van der Waals surface area (Å²) in [6.45, 7) is 5.44. The topological polar surface area (TPSA) is 89.8 Å². The number of aryl methyl sites for hydroxylation is 3. The van der Waals surface area contributed by atoms with Crippen molar-refractivity contribution in [1.82, 2.24) is 19.7 Å². The molecule has 1 N–H and O–H groups in total. The number of hydrogen-bond acceptors (Lipinski definition) is 5. The summed E-state index contributed by atoms with van der Waals surface area (Å²) in [5.74, 6) is 0.460. The average Bonchev–Trinajstić information content (AvgIpc) is 2.67. The van der Waals surface area contributed by atoms with Crippen LogP contribution in [0.3, 0.4) is 0 Å². The van der Waals surface area contributed by atoms with E-state index in [1.54, 1.807) is 13.0 Å².